The number of hydrogen-bond acceptors (Lipinski definition) is 5. The number of aryl methyl sites for hydroxylation is 1. The molecule has 1 aliphatic carbocycles. The molecule has 1 aromatic carbocycles. The van der Waals surface area contributed by atoms with E-state index in [1.165, 1.54) is 13.2 Å². The highest BCUT2D eigenvalue weighted by atomic mass is 35.5. The van der Waals surface area contributed by atoms with Crippen molar-refractivity contribution in [3.05, 3.63) is 29.3 Å². The van der Waals surface area contributed by atoms with Gasteiger partial charge in [0.2, 0.25) is 10.0 Å². The Bertz CT molecular complexity index is 663. The SMILES string of the molecule is COC(=O)c1ccc(C)c(S(=O)(=O)NC2CCCC2CN)c1.Cl. The lowest BCUT2D eigenvalue weighted by Gasteiger charge is -2.20. The van der Waals surface area contributed by atoms with Crippen molar-refractivity contribution >= 4 is 28.4 Å². The van der Waals surface area contributed by atoms with Crippen molar-refractivity contribution in [1.29, 1.82) is 0 Å². The van der Waals surface area contributed by atoms with Crippen LogP contribution in [0.15, 0.2) is 23.1 Å². The predicted molar refractivity (Wildman–Crippen MR) is 90.3 cm³/mol. The van der Waals surface area contributed by atoms with E-state index in [9.17, 15) is 13.2 Å². The molecule has 6 nitrogen and oxygen atoms in total. The fourth-order valence-electron chi connectivity index (χ4n) is 2.87. The molecule has 8 heteroatoms. The molecule has 1 aliphatic rings. The van der Waals surface area contributed by atoms with Crippen LogP contribution in [0.25, 0.3) is 0 Å². The Kier molecular flexibility index (Phi) is 7.01. The van der Waals surface area contributed by atoms with Crippen LogP contribution in [0.3, 0.4) is 0 Å². The minimum Gasteiger partial charge on any atom is -0.465 e. The second kappa shape index (κ2) is 8.10. The third-order valence-electron chi connectivity index (χ3n) is 4.17. The maximum Gasteiger partial charge on any atom is 0.337 e. The van der Waals surface area contributed by atoms with Crippen molar-refractivity contribution in [3.8, 4) is 0 Å². The molecule has 0 radical (unpaired) electrons. The second-order valence-corrected chi connectivity index (χ2v) is 7.31. The Balaban J connectivity index is 0.00000264. The van der Waals surface area contributed by atoms with E-state index in [1.54, 1.807) is 19.1 Å². The zero-order chi connectivity index (χ0) is 16.3. The minimum absolute atomic E-state index is 0. The van der Waals surface area contributed by atoms with Crippen LogP contribution in [0.5, 0.6) is 0 Å². The molecule has 1 fully saturated rings. The fourth-order valence-corrected chi connectivity index (χ4v) is 4.48. The summed E-state index contributed by atoms with van der Waals surface area (Å²) in [5, 5.41) is 0. The molecule has 1 saturated carbocycles. The van der Waals surface area contributed by atoms with E-state index in [0.717, 1.165) is 19.3 Å². The van der Waals surface area contributed by atoms with Gasteiger partial charge in [-0.25, -0.2) is 17.9 Å². The number of hydrogen-bond donors (Lipinski definition) is 2. The molecule has 2 unspecified atom stereocenters. The fraction of sp³-hybridized carbons (Fsp3) is 0.533. The average molecular weight is 363 g/mol. The third-order valence-corrected chi connectivity index (χ3v) is 5.80. The highest BCUT2D eigenvalue weighted by molar-refractivity contribution is 7.89. The molecule has 0 spiro atoms. The quantitative estimate of drug-likeness (QED) is 0.775. The Morgan fingerprint density at radius 2 is 2.09 bits per heavy atom. The second-order valence-electron chi connectivity index (χ2n) is 5.63. The molecular formula is C15H23ClN2O4S. The van der Waals surface area contributed by atoms with Gasteiger partial charge in [-0.3, -0.25) is 0 Å². The summed E-state index contributed by atoms with van der Waals surface area (Å²) in [7, 11) is -2.43. The first kappa shape index (κ1) is 19.9. The average Bonchev–Trinajstić information content (AvgIpc) is 2.93. The summed E-state index contributed by atoms with van der Waals surface area (Å²) < 4.78 is 32.6. The van der Waals surface area contributed by atoms with Gasteiger partial charge >= 0.3 is 5.97 Å². The minimum atomic E-state index is -3.69. The number of methoxy groups -OCH3 is 1. The Morgan fingerprint density at radius 3 is 2.70 bits per heavy atom. The summed E-state index contributed by atoms with van der Waals surface area (Å²) >= 11 is 0. The number of ether oxygens (including phenoxy) is 1. The zero-order valence-electron chi connectivity index (χ0n) is 13.2. The van der Waals surface area contributed by atoms with Gasteiger partial charge in [-0.1, -0.05) is 12.5 Å². The van der Waals surface area contributed by atoms with Crippen LogP contribution < -0.4 is 10.5 Å². The van der Waals surface area contributed by atoms with Gasteiger partial charge in [0.25, 0.3) is 0 Å². The molecule has 0 bridgehead atoms. The molecule has 3 N–H and O–H groups in total. The molecule has 0 amide bonds. The molecule has 2 rings (SSSR count). The molecule has 0 saturated heterocycles. The Hall–Kier alpha value is -1.15. The van der Waals surface area contributed by atoms with E-state index >= 15 is 0 Å². The van der Waals surface area contributed by atoms with Crippen molar-refractivity contribution in [1.82, 2.24) is 4.72 Å². The lowest BCUT2D eigenvalue weighted by Crippen LogP contribution is -2.40. The summed E-state index contributed by atoms with van der Waals surface area (Å²) in [4.78, 5) is 11.7. The normalized spacial score (nSPS) is 20.8. The van der Waals surface area contributed by atoms with Gasteiger partial charge < -0.3 is 10.5 Å². The number of nitrogens with two attached hydrogens (primary N) is 1. The van der Waals surface area contributed by atoms with Crippen LogP contribution in [0.1, 0.15) is 35.2 Å². The van der Waals surface area contributed by atoms with Crippen LogP contribution >= 0.6 is 12.4 Å². The lowest BCUT2D eigenvalue weighted by atomic mass is 10.1. The van der Waals surface area contributed by atoms with E-state index < -0.39 is 16.0 Å². The molecule has 1 aromatic rings. The maximum absolute atomic E-state index is 12.6. The highest BCUT2D eigenvalue weighted by Gasteiger charge is 2.31. The number of nitrogens with one attached hydrogen (secondary N) is 1. The van der Waals surface area contributed by atoms with Crippen molar-refractivity contribution in [3.63, 3.8) is 0 Å². The van der Waals surface area contributed by atoms with Gasteiger partial charge in [0, 0.05) is 6.04 Å². The Morgan fingerprint density at radius 1 is 1.39 bits per heavy atom. The highest BCUT2D eigenvalue weighted by Crippen LogP contribution is 2.27. The summed E-state index contributed by atoms with van der Waals surface area (Å²) in [6, 6.07) is 4.38. The maximum atomic E-state index is 12.6. The number of carbonyl (C=O) groups is 1. The number of halogens is 1. The topological polar surface area (TPSA) is 98.5 Å². The standard InChI is InChI=1S/C15H22N2O4S.ClH/c1-10-6-7-11(15(18)21-2)8-14(10)22(19,20)17-13-5-3-4-12(13)9-16;/h6-8,12-13,17H,3-5,9,16H2,1-2H3;1H. The van der Waals surface area contributed by atoms with Crippen LogP contribution in [0, 0.1) is 12.8 Å². The van der Waals surface area contributed by atoms with Crippen LogP contribution in [0.4, 0.5) is 0 Å². The summed E-state index contributed by atoms with van der Waals surface area (Å²) in [6.45, 7) is 2.17. The van der Waals surface area contributed by atoms with Crippen molar-refractivity contribution in [2.75, 3.05) is 13.7 Å². The first-order valence-corrected chi connectivity index (χ1v) is 8.78. The van der Waals surface area contributed by atoms with Gasteiger partial charge in [-0.05, 0) is 49.9 Å². The van der Waals surface area contributed by atoms with E-state index in [4.69, 9.17) is 5.73 Å². The first-order chi connectivity index (χ1) is 10.4. The number of rotatable bonds is 5. The van der Waals surface area contributed by atoms with Crippen LogP contribution in [-0.2, 0) is 14.8 Å². The molecule has 2 atom stereocenters. The largest absolute Gasteiger partial charge is 0.465 e. The zero-order valence-corrected chi connectivity index (χ0v) is 14.9. The van der Waals surface area contributed by atoms with Gasteiger partial charge in [-0.15, -0.1) is 12.4 Å². The number of esters is 1. The summed E-state index contributed by atoms with van der Waals surface area (Å²) in [5.74, 6) is -0.393. The van der Waals surface area contributed by atoms with E-state index in [0.29, 0.717) is 12.1 Å². The Labute approximate surface area is 143 Å². The van der Waals surface area contributed by atoms with Gasteiger partial charge in [0.15, 0.2) is 0 Å². The lowest BCUT2D eigenvalue weighted by molar-refractivity contribution is 0.0600. The molecular weight excluding hydrogens is 340 g/mol. The number of carbonyl (C=O) groups excluding carboxylic acids is 1. The molecule has 0 aromatic heterocycles. The van der Waals surface area contributed by atoms with Crippen molar-refractivity contribution in [2.24, 2.45) is 11.7 Å². The first-order valence-electron chi connectivity index (χ1n) is 7.30. The van der Waals surface area contributed by atoms with Gasteiger partial charge in [-0.2, -0.15) is 0 Å². The molecule has 23 heavy (non-hydrogen) atoms. The molecule has 0 aliphatic heterocycles. The van der Waals surface area contributed by atoms with Crippen molar-refractivity contribution < 1.29 is 17.9 Å². The number of sulfonamides is 1. The monoisotopic (exact) mass is 362 g/mol. The van der Waals surface area contributed by atoms with Crippen LogP contribution in [-0.4, -0.2) is 34.1 Å². The third kappa shape index (κ3) is 4.44. The molecule has 130 valence electrons. The predicted octanol–water partition coefficient (Wildman–Crippen LogP) is 1.61. The van der Waals surface area contributed by atoms with Gasteiger partial charge in [0.05, 0.1) is 17.6 Å². The van der Waals surface area contributed by atoms with E-state index in [-0.39, 0.29) is 34.8 Å². The van der Waals surface area contributed by atoms with E-state index in [1.807, 2.05) is 0 Å². The smallest absolute Gasteiger partial charge is 0.337 e. The van der Waals surface area contributed by atoms with E-state index in [2.05, 4.69) is 9.46 Å². The molecule has 0 heterocycles. The summed E-state index contributed by atoms with van der Waals surface area (Å²) in [5.41, 5.74) is 6.50. The number of benzene rings is 1. The van der Waals surface area contributed by atoms with Gasteiger partial charge in [0.1, 0.15) is 0 Å². The van der Waals surface area contributed by atoms with Crippen LogP contribution in [0.2, 0.25) is 0 Å². The summed E-state index contributed by atoms with van der Waals surface area (Å²) in [6.07, 6.45) is 2.69. The van der Waals surface area contributed by atoms with Crippen molar-refractivity contribution in [2.45, 2.75) is 37.1 Å².